The molecule has 0 aromatic heterocycles. The minimum absolute atomic E-state index is 0.323. The smallest absolute Gasteiger partial charge is 0.434 e. The molecule has 1 aromatic carbocycles. The molecule has 0 saturated heterocycles. The maximum atomic E-state index is 11.1. The molecular formula is C13H18O3. The van der Waals surface area contributed by atoms with E-state index in [1.165, 1.54) is 5.56 Å². The van der Waals surface area contributed by atoms with Crippen LogP contribution >= 0.6 is 0 Å². The van der Waals surface area contributed by atoms with Gasteiger partial charge in [0, 0.05) is 0 Å². The summed E-state index contributed by atoms with van der Waals surface area (Å²) in [6, 6.07) is 7.55. The Kier molecular flexibility index (Phi) is 4.83. The lowest BCUT2D eigenvalue weighted by atomic mass is 9.99. The summed E-state index contributed by atoms with van der Waals surface area (Å²) in [5, 5.41) is 0. The SMILES string of the molecule is CCOC(=O)Oc1cccc(C(C)CC)c1. The van der Waals surface area contributed by atoms with E-state index in [1.807, 2.05) is 18.2 Å². The first kappa shape index (κ1) is 12.6. The van der Waals surface area contributed by atoms with Gasteiger partial charge in [0.1, 0.15) is 5.75 Å². The van der Waals surface area contributed by atoms with Gasteiger partial charge in [0.15, 0.2) is 0 Å². The lowest BCUT2D eigenvalue weighted by Crippen LogP contribution is -2.10. The fourth-order valence-electron chi connectivity index (χ4n) is 1.36. The Morgan fingerprint density at radius 1 is 1.38 bits per heavy atom. The van der Waals surface area contributed by atoms with Crippen LogP contribution in [0, 0.1) is 0 Å². The van der Waals surface area contributed by atoms with E-state index < -0.39 is 6.16 Å². The summed E-state index contributed by atoms with van der Waals surface area (Å²) in [5.74, 6) is 1.00. The first-order chi connectivity index (χ1) is 7.67. The second kappa shape index (κ2) is 6.16. The topological polar surface area (TPSA) is 35.5 Å². The molecule has 1 atom stereocenters. The number of carbonyl (C=O) groups excluding carboxylic acids is 1. The van der Waals surface area contributed by atoms with E-state index in [9.17, 15) is 4.79 Å². The van der Waals surface area contributed by atoms with E-state index in [0.29, 0.717) is 18.3 Å². The standard InChI is InChI=1S/C13H18O3/c1-4-10(3)11-7-6-8-12(9-11)16-13(14)15-5-2/h6-10H,4-5H2,1-3H3. The fourth-order valence-corrected chi connectivity index (χ4v) is 1.36. The van der Waals surface area contributed by atoms with Gasteiger partial charge in [-0.05, 0) is 37.0 Å². The van der Waals surface area contributed by atoms with Crippen LogP contribution in [0.4, 0.5) is 4.79 Å². The van der Waals surface area contributed by atoms with Crippen LogP contribution in [0.25, 0.3) is 0 Å². The minimum Gasteiger partial charge on any atom is -0.434 e. The molecule has 0 bridgehead atoms. The van der Waals surface area contributed by atoms with E-state index in [4.69, 9.17) is 9.47 Å². The number of rotatable bonds is 4. The van der Waals surface area contributed by atoms with Gasteiger partial charge in [-0.1, -0.05) is 26.0 Å². The summed E-state index contributed by atoms with van der Waals surface area (Å²) >= 11 is 0. The monoisotopic (exact) mass is 222 g/mol. The summed E-state index contributed by atoms with van der Waals surface area (Å²) < 4.78 is 9.74. The molecule has 1 unspecified atom stereocenters. The van der Waals surface area contributed by atoms with Gasteiger partial charge in [-0.2, -0.15) is 0 Å². The van der Waals surface area contributed by atoms with Gasteiger partial charge in [-0.25, -0.2) is 4.79 Å². The van der Waals surface area contributed by atoms with Crippen LogP contribution in [0.5, 0.6) is 5.75 Å². The van der Waals surface area contributed by atoms with Crippen LogP contribution in [0.15, 0.2) is 24.3 Å². The molecule has 0 saturated carbocycles. The van der Waals surface area contributed by atoms with Crippen molar-refractivity contribution >= 4 is 6.16 Å². The molecule has 0 amide bonds. The minimum atomic E-state index is -0.649. The molecule has 0 aliphatic heterocycles. The van der Waals surface area contributed by atoms with Crippen molar-refractivity contribution in [2.24, 2.45) is 0 Å². The predicted octanol–water partition coefficient (Wildman–Crippen LogP) is 3.74. The number of carbonyl (C=O) groups is 1. The van der Waals surface area contributed by atoms with Crippen molar-refractivity contribution < 1.29 is 14.3 Å². The predicted molar refractivity (Wildman–Crippen MR) is 62.8 cm³/mol. The van der Waals surface area contributed by atoms with Crippen molar-refractivity contribution in [2.45, 2.75) is 33.1 Å². The lowest BCUT2D eigenvalue weighted by Gasteiger charge is -2.10. The Morgan fingerprint density at radius 2 is 2.12 bits per heavy atom. The number of hydrogen-bond donors (Lipinski definition) is 0. The Bertz CT molecular complexity index is 347. The second-order valence-electron chi connectivity index (χ2n) is 3.67. The van der Waals surface area contributed by atoms with E-state index in [0.717, 1.165) is 6.42 Å². The van der Waals surface area contributed by atoms with Crippen molar-refractivity contribution in [3.63, 3.8) is 0 Å². The molecule has 3 heteroatoms. The van der Waals surface area contributed by atoms with Gasteiger partial charge in [0.25, 0.3) is 0 Å². The second-order valence-corrected chi connectivity index (χ2v) is 3.67. The van der Waals surface area contributed by atoms with Crippen LogP contribution in [-0.2, 0) is 4.74 Å². The number of ether oxygens (including phenoxy) is 2. The molecule has 3 nitrogen and oxygen atoms in total. The highest BCUT2D eigenvalue weighted by Crippen LogP contribution is 2.23. The van der Waals surface area contributed by atoms with Gasteiger partial charge in [0.2, 0.25) is 0 Å². The molecule has 1 aromatic rings. The molecule has 0 spiro atoms. The first-order valence-corrected chi connectivity index (χ1v) is 5.62. The van der Waals surface area contributed by atoms with Crippen LogP contribution in [0.2, 0.25) is 0 Å². The van der Waals surface area contributed by atoms with Crippen molar-refractivity contribution in [1.82, 2.24) is 0 Å². The Hall–Kier alpha value is -1.51. The highest BCUT2D eigenvalue weighted by Gasteiger charge is 2.07. The fraction of sp³-hybridized carbons (Fsp3) is 0.462. The van der Waals surface area contributed by atoms with Crippen LogP contribution in [0.1, 0.15) is 38.7 Å². The highest BCUT2D eigenvalue weighted by atomic mass is 16.7. The first-order valence-electron chi connectivity index (χ1n) is 5.62. The highest BCUT2D eigenvalue weighted by molar-refractivity contribution is 5.63. The Morgan fingerprint density at radius 3 is 2.75 bits per heavy atom. The van der Waals surface area contributed by atoms with Crippen LogP contribution in [-0.4, -0.2) is 12.8 Å². The van der Waals surface area contributed by atoms with Gasteiger partial charge in [0.05, 0.1) is 6.61 Å². The van der Waals surface area contributed by atoms with Crippen molar-refractivity contribution in [3.8, 4) is 5.75 Å². The van der Waals surface area contributed by atoms with Gasteiger partial charge < -0.3 is 9.47 Å². The number of benzene rings is 1. The Balaban J connectivity index is 2.71. The average molecular weight is 222 g/mol. The van der Waals surface area contributed by atoms with E-state index in [1.54, 1.807) is 13.0 Å². The summed E-state index contributed by atoms with van der Waals surface area (Å²) in [6.45, 7) is 6.34. The normalized spacial score (nSPS) is 11.9. The van der Waals surface area contributed by atoms with E-state index in [2.05, 4.69) is 13.8 Å². The molecular weight excluding hydrogens is 204 g/mol. The molecule has 0 radical (unpaired) electrons. The van der Waals surface area contributed by atoms with Crippen LogP contribution in [0.3, 0.4) is 0 Å². The summed E-state index contributed by atoms with van der Waals surface area (Å²) in [5.41, 5.74) is 1.17. The molecule has 88 valence electrons. The molecule has 0 heterocycles. The molecule has 0 fully saturated rings. The largest absolute Gasteiger partial charge is 0.513 e. The average Bonchev–Trinajstić information content (AvgIpc) is 2.28. The Labute approximate surface area is 96.4 Å². The molecule has 16 heavy (non-hydrogen) atoms. The molecule has 0 N–H and O–H groups in total. The zero-order chi connectivity index (χ0) is 12.0. The molecule has 0 aliphatic rings. The maximum Gasteiger partial charge on any atom is 0.513 e. The third-order valence-corrected chi connectivity index (χ3v) is 2.50. The van der Waals surface area contributed by atoms with Crippen molar-refractivity contribution in [2.75, 3.05) is 6.61 Å². The summed E-state index contributed by atoms with van der Waals surface area (Å²) in [6.07, 6.45) is 0.409. The van der Waals surface area contributed by atoms with E-state index >= 15 is 0 Å². The lowest BCUT2D eigenvalue weighted by molar-refractivity contribution is 0.104. The third-order valence-electron chi connectivity index (χ3n) is 2.50. The zero-order valence-electron chi connectivity index (χ0n) is 10.0. The third kappa shape index (κ3) is 3.57. The van der Waals surface area contributed by atoms with Crippen molar-refractivity contribution in [1.29, 1.82) is 0 Å². The summed E-state index contributed by atoms with van der Waals surface area (Å²) in [4.78, 5) is 11.1. The maximum absolute atomic E-state index is 11.1. The van der Waals surface area contributed by atoms with Gasteiger partial charge in [-0.15, -0.1) is 0 Å². The molecule has 1 rings (SSSR count). The van der Waals surface area contributed by atoms with Crippen LogP contribution < -0.4 is 4.74 Å². The number of hydrogen-bond acceptors (Lipinski definition) is 3. The quantitative estimate of drug-likeness (QED) is 0.575. The van der Waals surface area contributed by atoms with E-state index in [-0.39, 0.29) is 0 Å². The van der Waals surface area contributed by atoms with Crippen molar-refractivity contribution in [3.05, 3.63) is 29.8 Å². The van der Waals surface area contributed by atoms with Gasteiger partial charge >= 0.3 is 6.16 Å². The zero-order valence-corrected chi connectivity index (χ0v) is 10.0. The van der Waals surface area contributed by atoms with Gasteiger partial charge in [-0.3, -0.25) is 0 Å². The molecule has 0 aliphatic carbocycles. The summed E-state index contributed by atoms with van der Waals surface area (Å²) in [7, 11) is 0.